The summed E-state index contributed by atoms with van der Waals surface area (Å²) in [5.74, 6) is 0. The van der Waals surface area contributed by atoms with Crippen LogP contribution in [0.3, 0.4) is 0 Å². The van der Waals surface area contributed by atoms with Gasteiger partial charge in [0.05, 0.1) is 18.3 Å². The number of carbonyl (C=O) groups excluding carboxylic acids is 1. The molecule has 0 spiro atoms. The van der Waals surface area contributed by atoms with Crippen molar-refractivity contribution < 1.29 is 9.90 Å². The van der Waals surface area contributed by atoms with Gasteiger partial charge < -0.3 is 5.11 Å². The van der Waals surface area contributed by atoms with E-state index >= 15 is 0 Å². The minimum Gasteiger partial charge on any atom is -0.391 e. The second kappa shape index (κ2) is 3.88. The fourth-order valence-electron chi connectivity index (χ4n) is 1.91. The Labute approximate surface area is 81.7 Å². The summed E-state index contributed by atoms with van der Waals surface area (Å²) in [5, 5.41) is 17.2. The van der Waals surface area contributed by atoms with Gasteiger partial charge in [0.25, 0.3) is 0 Å². The highest BCUT2D eigenvalue weighted by Gasteiger charge is 2.25. The Morgan fingerprint density at radius 2 is 2.29 bits per heavy atom. The highest BCUT2D eigenvalue weighted by Crippen LogP contribution is 2.27. The minimum atomic E-state index is -0.357. The molecule has 5 heteroatoms. The van der Waals surface area contributed by atoms with Crippen molar-refractivity contribution in [3.63, 3.8) is 0 Å². The van der Waals surface area contributed by atoms with E-state index in [1.807, 2.05) is 0 Å². The van der Waals surface area contributed by atoms with Crippen molar-refractivity contribution in [1.82, 2.24) is 15.0 Å². The first-order valence-electron chi connectivity index (χ1n) is 4.86. The number of carbonyl (C=O) groups is 1. The molecule has 0 radical (unpaired) electrons. The van der Waals surface area contributed by atoms with E-state index in [-0.39, 0.29) is 12.1 Å². The Morgan fingerprint density at radius 1 is 1.50 bits per heavy atom. The average molecular weight is 195 g/mol. The van der Waals surface area contributed by atoms with E-state index in [0.29, 0.717) is 12.0 Å². The number of aliphatic hydroxyl groups excluding tert-OH is 1. The molecule has 0 bridgehead atoms. The number of nitrogens with zero attached hydrogens (tertiary/aromatic N) is 3. The van der Waals surface area contributed by atoms with Crippen LogP contribution in [0.15, 0.2) is 6.20 Å². The van der Waals surface area contributed by atoms with Gasteiger partial charge in [0, 0.05) is 0 Å². The fraction of sp³-hybridized carbons (Fsp3) is 0.667. The molecule has 0 aromatic carbocycles. The van der Waals surface area contributed by atoms with E-state index < -0.39 is 0 Å². The van der Waals surface area contributed by atoms with Crippen molar-refractivity contribution in [3.05, 3.63) is 11.9 Å². The van der Waals surface area contributed by atoms with Crippen molar-refractivity contribution in [1.29, 1.82) is 0 Å². The molecular weight excluding hydrogens is 182 g/mol. The molecule has 14 heavy (non-hydrogen) atoms. The Balaban J connectivity index is 2.16. The molecule has 2 unspecified atom stereocenters. The summed E-state index contributed by atoms with van der Waals surface area (Å²) in [6.07, 6.45) is 5.77. The van der Waals surface area contributed by atoms with Crippen LogP contribution in [0, 0.1) is 0 Å². The molecular formula is C9H13N3O2. The van der Waals surface area contributed by atoms with Crippen molar-refractivity contribution in [2.24, 2.45) is 0 Å². The third kappa shape index (κ3) is 1.68. The predicted octanol–water partition coefficient (Wildman–Crippen LogP) is 0.567. The molecule has 5 nitrogen and oxygen atoms in total. The molecule has 2 rings (SSSR count). The smallest absolute Gasteiger partial charge is 0.171 e. The SMILES string of the molecule is O=Cc1cn(C2CCCCC2O)nn1. The molecule has 0 amide bonds. The van der Waals surface area contributed by atoms with Gasteiger partial charge in [-0.05, 0) is 12.8 Å². The van der Waals surface area contributed by atoms with Crippen LogP contribution in [0.2, 0.25) is 0 Å². The first kappa shape index (κ1) is 9.33. The van der Waals surface area contributed by atoms with Crippen molar-refractivity contribution >= 4 is 6.29 Å². The molecule has 1 N–H and O–H groups in total. The Morgan fingerprint density at radius 3 is 2.93 bits per heavy atom. The van der Waals surface area contributed by atoms with Crippen LogP contribution < -0.4 is 0 Å². The van der Waals surface area contributed by atoms with Gasteiger partial charge in [0.1, 0.15) is 5.69 Å². The lowest BCUT2D eigenvalue weighted by Gasteiger charge is -2.26. The van der Waals surface area contributed by atoms with E-state index in [9.17, 15) is 9.90 Å². The van der Waals surface area contributed by atoms with Crippen molar-refractivity contribution in [3.8, 4) is 0 Å². The zero-order valence-corrected chi connectivity index (χ0v) is 7.83. The first-order chi connectivity index (χ1) is 6.81. The molecule has 1 aliphatic carbocycles. The van der Waals surface area contributed by atoms with E-state index in [4.69, 9.17) is 0 Å². The lowest BCUT2D eigenvalue weighted by atomic mass is 9.93. The van der Waals surface area contributed by atoms with Gasteiger partial charge in [0.2, 0.25) is 0 Å². The van der Waals surface area contributed by atoms with Gasteiger partial charge in [-0.2, -0.15) is 0 Å². The van der Waals surface area contributed by atoms with E-state index in [1.165, 1.54) is 0 Å². The predicted molar refractivity (Wildman–Crippen MR) is 48.9 cm³/mol. The minimum absolute atomic E-state index is 0.00931. The van der Waals surface area contributed by atoms with Crippen LogP contribution in [0.5, 0.6) is 0 Å². The van der Waals surface area contributed by atoms with Crippen LogP contribution in [0.25, 0.3) is 0 Å². The number of aromatic nitrogens is 3. The molecule has 1 saturated carbocycles. The van der Waals surface area contributed by atoms with Gasteiger partial charge in [-0.15, -0.1) is 5.10 Å². The third-order valence-corrected chi connectivity index (χ3v) is 2.68. The maximum atomic E-state index is 10.4. The zero-order chi connectivity index (χ0) is 9.97. The standard InChI is InChI=1S/C9H13N3O2/c13-6-7-5-12(11-10-7)8-3-1-2-4-9(8)14/h5-6,8-9,14H,1-4H2. The maximum absolute atomic E-state index is 10.4. The van der Waals surface area contributed by atoms with Gasteiger partial charge in [-0.1, -0.05) is 18.1 Å². The Bertz CT molecular complexity index is 324. The molecule has 1 aliphatic rings. The molecule has 76 valence electrons. The van der Waals surface area contributed by atoms with Crippen LogP contribution in [0.1, 0.15) is 42.2 Å². The molecule has 1 heterocycles. The van der Waals surface area contributed by atoms with Crippen LogP contribution in [-0.4, -0.2) is 32.5 Å². The van der Waals surface area contributed by atoms with Gasteiger partial charge in [-0.3, -0.25) is 4.79 Å². The molecule has 0 saturated heterocycles. The number of hydrogen-bond acceptors (Lipinski definition) is 4. The van der Waals surface area contributed by atoms with Gasteiger partial charge in [0.15, 0.2) is 6.29 Å². The summed E-state index contributed by atoms with van der Waals surface area (Å²) >= 11 is 0. The molecule has 2 atom stereocenters. The second-order valence-electron chi connectivity index (χ2n) is 3.66. The molecule has 1 fully saturated rings. The fourth-order valence-corrected chi connectivity index (χ4v) is 1.91. The lowest BCUT2D eigenvalue weighted by Crippen LogP contribution is -2.27. The number of aliphatic hydroxyl groups is 1. The van der Waals surface area contributed by atoms with Crippen LogP contribution in [-0.2, 0) is 0 Å². The number of aldehydes is 1. The third-order valence-electron chi connectivity index (χ3n) is 2.68. The first-order valence-corrected chi connectivity index (χ1v) is 4.86. The van der Waals surface area contributed by atoms with Crippen LogP contribution in [0.4, 0.5) is 0 Å². The Hall–Kier alpha value is -1.23. The van der Waals surface area contributed by atoms with E-state index in [2.05, 4.69) is 10.3 Å². The lowest BCUT2D eigenvalue weighted by molar-refractivity contribution is 0.0684. The van der Waals surface area contributed by atoms with E-state index in [1.54, 1.807) is 10.9 Å². The van der Waals surface area contributed by atoms with Gasteiger partial charge in [-0.25, -0.2) is 4.68 Å². The van der Waals surface area contributed by atoms with Crippen LogP contribution >= 0.6 is 0 Å². The largest absolute Gasteiger partial charge is 0.391 e. The second-order valence-corrected chi connectivity index (χ2v) is 3.66. The summed E-state index contributed by atoms with van der Waals surface area (Å²) in [7, 11) is 0. The summed E-state index contributed by atoms with van der Waals surface area (Å²) < 4.78 is 1.60. The molecule has 0 aliphatic heterocycles. The van der Waals surface area contributed by atoms with E-state index in [0.717, 1.165) is 25.7 Å². The summed E-state index contributed by atoms with van der Waals surface area (Å²) in [5.41, 5.74) is 0.322. The summed E-state index contributed by atoms with van der Waals surface area (Å²) in [6, 6.07) is -0.00931. The maximum Gasteiger partial charge on any atom is 0.171 e. The normalized spacial score (nSPS) is 27.5. The monoisotopic (exact) mass is 195 g/mol. The summed E-state index contributed by atoms with van der Waals surface area (Å²) in [4.78, 5) is 10.4. The number of hydrogen-bond donors (Lipinski definition) is 1. The molecule has 1 aromatic rings. The highest BCUT2D eigenvalue weighted by atomic mass is 16.3. The topological polar surface area (TPSA) is 68.0 Å². The zero-order valence-electron chi connectivity index (χ0n) is 7.83. The highest BCUT2D eigenvalue weighted by molar-refractivity contribution is 5.70. The summed E-state index contributed by atoms with van der Waals surface area (Å²) in [6.45, 7) is 0. The quantitative estimate of drug-likeness (QED) is 0.700. The van der Waals surface area contributed by atoms with Crippen molar-refractivity contribution in [2.45, 2.75) is 37.8 Å². The van der Waals surface area contributed by atoms with Crippen molar-refractivity contribution in [2.75, 3.05) is 0 Å². The number of rotatable bonds is 2. The molecule has 1 aromatic heterocycles. The Kier molecular flexibility index (Phi) is 2.58. The average Bonchev–Trinajstić information content (AvgIpc) is 2.67. The van der Waals surface area contributed by atoms with Gasteiger partial charge >= 0.3 is 0 Å².